The molecule has 2 rings (SSSR count). The normalized spacial score (nSPS) is 30.2. The minimum atomic E-state index is 0.822. The van der Waals surface area contributed by atoms with Gasteiger partial charge in [0.15, 0.2) is 0 Å². The zero-order valence-electron chi connectivity index (χ0n) is 9.15. The first-order valence-corrected chi connectivity index (χ1v) is 6.31. The van der Waals surface area contributed by atoms with Gasteiger partial charge in [0.25, 0.3) is 0 Å². The summed E-state index contributed by atoms with van der Waals surface area (Å²) >= 11 is 0. The smallest absolute Gasteiger partial charge is 0.0297 e. The van der Waals surface area contributed by atoms with Crippen molar-refractivity contribution in [1.29, 1.82) is 0 Å². The summed E-state index contributed by atoms with van der Waals surface area (Å²) in [6.45, 7) is 2.43. The quantitative estimate of drug-likeness (QED) is 0.513. The Morgan fingerprint density at radius 3 is 1.85 bits per heavy atom. The van der Waals surface area contributed by atoms with Gasteiger partial charge in [-0.1, -0.05) is 45.4 Å². The van der Waals surface area contributed by atoms with Crippen LogP contribution in [0.4, 0.5) is 0 Å². The lowest BCUT2D eigenvalue weighted by atomic mass is 9.67. The maximum absolute atomic E-state index is 2.43. The summed E-state index contributed by atoms with van der Waals surface area (Å²) in [5, 5.41) is 0. The molecular weight excluding hydrogens is 156 g/mol. The molecule has 2 fully saturated rings. The van der Waals surface area contributed by atoms with Gasteiger partial charge in [0.05, 0.1) is 0 Å². The lowest BCUT2D eigenvalue weighted by Gasteiger charge is -2.39. The van der Waals surface area contributed by atoms with E-state index in [0.717, 1.165) is 11.3 Å². The Balaban J connectivity index is 1.93. The molecule has 76 valence electrons. The predicted molar refractivity (Wildman–Crippen MR) is 57.8 cm³/mol. The van der Waals surface area contributed by atoms with Crippen LogP contribution in [0.25, 0.3) is 0 Å². The van der Waals surface area contributed by atoms with Crippen LogP contribution in [0.15, 0.2) is 0 Å². The molecule has 0 bridgehead atoms. The van der Waals surface area contributed by atoms with Gasteiger partial charge >= 0.3 is 0 Å². The first-order valence-electron chi connectivity index (χ1n) is 6.31. The molecule has 0 heteroatoms. The predicted octanol–water partition coefficient (Wildman–Crippen LogP) is 4.54. The van der Waals surface area contributed by atoms with Gasteiger partial charge in [-0.15, -0.1) is 0 Å². The van der Waals surface area contributed by atoms with E-state index in [0.29, 0.717) is 0 Å². The van der Waals surface area contributed by atoms with Crippen LogP contribution in [0.2, 0.25) is 0 Å². The van der Waals surface area contributed by atoms with Crippen LogP contribution in [-0.4, -0.2) is 0 Å². The molecule has 0 heterocycles. The Morgan fingerprint density at radius 2 is 1.31 bits per heavy atom. The fourth-order valence-corrected chi connectivity index (χ4v) is 3.35. The molecular formula is C13H24. The van der Waals surface area contributed by atoms with E-state index in [2.05, 4.69) is 6.92 Å². The van der Waals surface area contributed by atoms with Crippen molar-refractivity contribution in [2.75, 3.05) is 0 Å². The van der Waals surface area contributed by atoms with Crippen LogP contribution < -0.4 is 0 Å². The summed E-state index contributed by atoms with van der Waals surface area (Å²) in [7, 11) is 0. The van der Waals surface area contributed by atoms with E-state index in [1.54, 1.807) is 25.7 Å². The Morgan fingerprint density at radius 1 is 0.769 bits per heavy atom. The zero-order chi connectivity index (χ0) is 9.15. The molecule has 13 heavy (non-hydrogen) atoms. The summed E-state index contributed by atoms with van der Waals surface area (Å²) < 4.78 is 0. The van der Waals surface area contributed by atoms with Crippen LogP contribution in [0.5, 0.6) is 0 Å². The van der Waals surface area contributed by atoms with Gasteiger partial charge in [0, 0.05) is 0 Å². The van der Waals surface area contributed by atoms with Crippen LogP contribution in [0.3, 0.4) is 0 Å². The maximum atomic E-state index is 2.43. The molecule has 0 N–H and O–H groups in total. The maximum Gasteiger partial charge on any atom is -0.0297 e. The monoisotopic (exact) mass is 180 g/mol. The van der Waals surface area contributed by atoms with Gasteiger partial charge < -0.3 is 0 Å². The highest BCUT2D eigenvalue weighted by Gasteiger charge is 2.33. The van der Waals surface area contributed by atoms with E-state index in [9.17, 15) is 0 Å². The van der Waals surface area contributed by atoms with Crippen molar-refractivity contribution < 1.29 is 0 Å². The molecule has 0 aromatic carbocycles. The summed E-state index contributed by atoms with van der Waals surface area (Å²) in [5.41, 5.74) is 0.822. The van der Waals surface area contributed by atoms with Crippen molar-refractivity contribution in [2.45, 2.75) is 71.1 Å². The highest BCUT2D eigenvalue weighted by Crippen LogP contribution is 2.47. The Labute approximate surface area is 83.1 Å². The molecule has 0 aromatic rings. The molecule has 0 aliphatic heterocycles. The lowest BCUT2D eigenvalue weighted by molar-refractivity contribution is 0.132. The summed E-state index contributed by atoms with van der Waals surface area (Å²) in [4.78, 5) is 0. The minimum Gasteiger partial charge on any atom is -0.0625 e. The van der Waals surface area contributed by atoms with Crippen molar-refractivity contribution in [3.63, 3.8) is 0 Å². The molecule has 0 amide bonds. The second-order valence-electron chi connectivity index (χ2n) is 5.60. The van der Waals surface area contributed by atoms with Crippen molar-refractivity contribution in [3.8, 4) is 0 Å². The van der Waals surface area contributed by atoms with Crippen molar-refractivity contribution in [2.24, 2.45) is 11.3 Å². The molecule has 0 aromatic heterocycles. The minimum absolute atomic E-state index is 0.822. The number of rotatable bonds is 0. The van der Waals surface area contributed by atoms with Gasteiger partial charge in [-0.25, -0.2) is 0 Å². The highest BCUT2D eigenvalue weighted by atomic mass is 14.4. The Kier molecular flexibility index (Phi) is 2.96. The van der Waals surface area contributed by atoms with Crippen LogP contribution in [0.1, 0.15) is 71.1 Å². The standard InChI is InChI=1S/C13H24/c1-12-6-10-13(11-7-12)8-4-2-3-5-9-13/h12H,2-11H2,1H3. The third-order valence-corrected chi connectivity index (χ3v) is 4.50. The van der Waals surface area contributed by atoms with Crippen LogP contribution in [-0.2, 0) is 0 Å². The second-order valence-corrected chi connectivity index (χ2v) is 5.60. The molecule has 1 spiro atoms. The molecule has 2 aliphatic rings. The SMILES string of the molecule is CC1CCC2(CCCCCC2)CC1. The topological polar surface area (TPSA) is 0 Å². The van der Waals surface area contributed by atoms with Crippen molar-refractivity contribution >= 4 is 0 Å². The molecule has 0 unspecified atom stereocenters. The van der Waals surface area contributed by atoms with Gasteiger partial charge in [0.2, 0.25) is 0 Å². The average Bonchev–Trinajstić information content (AvgIpc) is 2.37. The largest absolute Gasteiger partial charge is 0.0625 e. The average molecular weight is 180 g/mol. The fraction of sp³-hybridized carbons (Fsp3) is 1.00. The zero-order valence-corrected chi connectivity index (χ0v) is 9.15. The second kappa shape index (κ2) is 4.02. The molecule has 2 aliphatic carbocycles. The summed E-state index contributed by atoms with van der Waals surface area (Å²) in [6.07, 6.45) is 15.3. The molecule has 0 atom stereocenters. The highest BCUT2D eigenvalue weighted by molar-refractivity contribution is 4.86. The van der Waals surface area contributed by atoms with E-state index in [1.165, 1.54) is 38.5 Å². The van der Waals surface area contributed by atoms with Gasteiger partial charge in [-0.2, -0.15) is 0 Å². The third kappa shape index (κ3) is 2.27. The van der Waals surface area contributed by atoms with Gasteiger partial charge in [-0.3, -0.25) is 0 Å². The number of hydrogen-bond donors (Lipinski definition) is 0. The lowest BCUT2D eigenvalue weighted by Crippen LogP contribution is -2.26. The van der Waals surface area contributed by atoms with Gasteiger partial charge in [-0.05, 0) is 37.0 Å². The van der Waals surface area contributed by atoms with Crippen molar-refractivity contribution in [1.82, 2.24) is 0 Å². The van der Waals surface area contributed by atoms with Gasteiger partial charge in [0.1, 0.15) is 0 Å². The van der Waals surface area contributed by atoms with Crippen LogP contribution in [0, 0.1) is 11.3 Å². The Hall–Kier alpha value is 0. The molecule has 0 saturated heterocycles. The van der Waals surface area contributed by atoms with E-state index in [4.69, 9.17) is 0 Å². The first-order chi connectivity index (χ1) is 6.31. The van der Waals surface area contributed by atoms with Crippen molar-refractivity contribution in [3.05, 3.63) is 0 Å². The first kappa shape index (κ1) is 9.55. The summed E-state index contributed by atoms with van der Waals surface area (Å²) in [6, 6.07) is 0. The van der Waals surface area contributed by atoms with E-state index < -0.39 is 0 Å². The fourth-order valence-electron chi connectivity index (χ4n) is 3.35. The molecule has 0 nitrogen and oxygen atoms in total. The molecule has 0 radical (unpaired) electrons. The molecule has 2 saturated carbocycles. The third-order valence-electron chi connectivity index (χ3n) is 4.50. The van der Waals surface area contributed by atoms with E-state index in [1.807, 2.05) is 0 Å². The number of hydrogen-bond acceptors (Lipinski definition) is 0. The Bertz CT molecular complexity index is 141. The summed E-state index contributed by atoms with van der Waals surface area (Å²) in [5.74, 6) is 1.02. The van der Waals surface area contributed by atoms with E-state index >= 15 is 0 Å². The van der Waals surface area contributed by atoms with Crippen LogP contribution >= 0.6 is 0 Å². The van der Waals surface area contributed by atoms with E-state index in [-0.39, 0.29) is 0 Å².